The first kappa shape index (κ1) is 12.1. The van der Waals surface area contributed by atoms with Crippen molar-refractivity contribution in [1.29, 1.82) is 0 Å². The van der Waals surface area contributed by atoms with Crippen molar-refractivity contribution in [3.63, 3.8) is 0 Å². The Morgan fingerprint density at radius 3 is 3.12 bits per heavy atom. The fourth-order valence-electron chi connectivity index (χ4n) is 2.21. The molecule has 1 saturated heterocycles. The lowest BCUT2D eigenvalue weighted by atomic mass is 10.1. The molecular weight excluding hydrogens is 218 g/mol. The molecule has 0 aliphatic carbocycles. The van der Waals surface area contributed by atoms with E-state index in [1.807, 2.05) is 6.07 Å². The number of rotatable bonds is 5. The maximum atomic E-state index is 5.34. The molecule has 1 aliphatic rings. The van der Waals surface area contributed by atoms with Crippen molar-refractivity contribution in [1.82, 2.24) is 5.32 Å². The number of nitrogens with one attached hydrogen (secondary N) is 1. The zero-order valence-electron chi connectivity index (χ0n) is 10.1. The molecule has 3 unspecified atom stereocenters. The molecular formula is C13H21NOS. The minimum absolute atomic E-state index is 0.580. The maximum Gasteiger partial charge on any atom is 0.103 e. The molecule has 90 valence electrons. The first-order valence-corrected chi connectivity index (χ1v) is 7.20. The van der Waals surface area contributed by atoms with Gasteiger partial charge in [0, 0.05) is 23.8 Å². The number of thioether (sulfide) groups is 1. The summed E-state index contributed by atoms with van der Waals surface area (Å²) in [5.41, 5.74) is 0. The Balaban J connectivity index is 1.70. The summed E-state index contributed by atoms with van der Waals surface area (Å²) >= 11 is 2.08. The number of aryl methyl sites for hydroxylation is 1. The summed E-state index contributed by atoms with van der Waals surface area (Å²) in [4.78, 5) is 0. The van der Waals surface area contributed by atoms with E-state index in [9.17, 15) is 0 Å². The Hall–Kier alpha value is -0.410. The molecule has 2 heterocycles. The Morgan fingerprint density at radius 1 is 1.62 bits per heavy atom. The van der Waals surface area contributed by atoms with Gasteiger partial charge in [-0.15, -0.1) is 0 Å². The highest BCUT2D eigenvalue weighted by molar-refractivity contribution is 8.00. The molecule has 16 heavy (non-hydrogen) atoms. The van der Waals surface area contributed by atoms with Crippen LogP contribution in [-0.2, 0) is 6.42 Å². The molecule has 0 bridgehead atoms. The Morgan fingerprint density at radius 2 is 2.50 bits per heavy atom. The molecule has 1 N–H and O–H groups in total. The van der Waals surface area contributed by atoms with Gasteiger partial charge in [0.15, 0.2) is 0 Å². The van der Waals surface area contributed by atoms with Crippen LogP contribution < -0.4 is 5.32 Å². The fraction of sp³-hybridized carbons (Fsp3) is 0.692. The smallest absolute Gasteiger partial charge is 0.103 e. The van der Waals surface area contributed by atoms with Crippen LogP contribution in [0.5, 0.6) is 0 Å². The summed E-state index contributed by atoms with van der Waals surface area (Å²) in [6.07, 6.45) is 5.26. The maximum absolute atomic E-state index is 5.34. The van der Waals surface area contributed by atoms with Crippen molar-refractivity contribution in [2.24, 2.45) is 0 Å². The van der Waals surface area contributed by atoms with Gasteiger partial charge in [-0.1, -0.05) is 6.92 Å². The van der Waals surface area contributed by atoms with Crippen LogP contribution in [0.25, 0.3) is 0 Å². The van der Waals surface area contributed by atoms with Crippen molar-refractivity contribution >= 4 is 11.8 Å². The van der Waals surface area contributed by atoms with Crippen molar-refractivity contribution in [3.8, 4) is 0 Å². The van der Waals surface area contributed by atoms with E-state index in [1.165, 1.54) is 12.2 Å². The number of hydrogen-bond acceptors (Lipinski definition) is 3. The van der Waals surface area contributed by atoms with Gasteiger partial charge < -0.3 is 9.73 Å². The van der Waals surface area contributed by atoms with Crippen molar-refractivity contribution < 1.29 is 4.42 Å². The molecule has 3 heteroatoms. The summed E-state index contributed by atoms with van der Waals surface area (Å²) in [5.74, 6) is 2.41. The average molecular weight is 239 g/mol. The molecule has 2 rings (SSSR count). The molecule has 0 amide bonds. The molecule has 0 spiro atoms. The quantitative estimate of drug-likeness (QED) is 0.855. The van der Waals surface area contributed by atoms with Gasteiger partial charge in [0.05, 0.1) is 6.26 Å². The first-order chi connectivity index (χ1) is 7.75. The van der Waals surface area contributed by atoms with E-state index in [-0.39, 0.29) is 0 Å². The van der Waals surface area contributed by atoms with Gasteiger partial charge in [0.1, 0.15) is 5.76 Å². The van der Waals surface area contributed by atoms with Crippen LogP contribution in [0, 0.1) is 0 Å². The SMILES string of the molecule is CC(CCc1ccco1)NC1CCSC1C. The van der Waals surface area contributed by atoms with Crippen LogP contribution in [0.1, 0.15) is 32.4 Å². The topological polar surface area (TPSA) is 25.2 Å². The second kappa shape index (κ2) is 5.78. The minimum Gasteiger partial charge on any atom is -0.469 e. The van der Waals surface area contributed by atoms with Crippen LogP contribution in [0.15, 0.2) is 22.8 Å². The predicted octanol–water partition coefficient (Wildman–Crippen LogP) is 3.08. The minimum atomic E-state index is 0.580. The molecule has 0 radical (unpaired) electrons. The van der Waals surface area contributed by atoms with E-state index >= 15 is 0 Å². The van der Waals surface area contributed by atoms with Crippen molar-refractivity contribution in [3.05, 3.63) is 24.2 Å². The zero-order chi connectivity index (χ0) is 11.4. The van der Waals surface area contributed by atoms with Crippen LogP contribution in [0.4, 0.5) is 0 Å². The molecule has 1 fully saturated rings. The van der Waals surface area contributed by atoms with Gasteiger partial charge in [-0.2, -0.15) is 11.8 Å². The molecule has 0 aromatic carbocycles. The molecule has 3 atom stereocenters. The summed E-state index contributed by atoms with van der Waals surface area (Å²) in [5, 5.41) is 4.50. The summed E-state index contributed by atoms with van der Waals surface area (Å²) < 4.78 is 5.34. The van der Waals surface area contributed by atoms with E-state index in [2.05, 4.69) is 37.0 Å². The third-order valence-corrected chi connectivity index (χ3v) is 4.60. The monoisotopic (exact) mass is 239 g/mol. The summed E-state index contributed by atoms with van der Waals surface area (Å²) in [6, 6.07) is 5.30. The van der Waals surface area contributed by atoms with Gasteiger partial charge in [0.25, 0.3) is 0 Å². The largest absolute Gasteiger partial charge is 0.469 e. The van der Waals surface area contributed by atoms with E-state index in [4.69, 9.17) is 4.42 Å². The van der Waals surface area contributed by atoms with E-state index in [1.54, 1.807) is 6.26 Å². The third-order valence-electron chi connectivity index (χ3n) is 3.28. The lowest BCUT2D eigenvalue weighted by Gasteiger charge is -2.21. The van der Waals surface area contributed by atoms with Gasteiger partial charge in [0.2, 0.25) is 0 Å². The fourth-order valence-corrected chi connectivity index (χ4v) is 3.42. The van der Waals surface area contributed by atoms with Gasteiger partial charge in [-0.25, -0.2) is 0 Å². The van der Waals surface area contributed by atoms with E-state index in [0.717, 1.165) is 23.9 Å². The highest BCUT2D eigenvalue weighted by Gasteiger charge is 2.24. The lowest BCUT2D eigenvalue weighted by molar-refractivity contribution is 0.410. The van der Waals surface area contributed by atoms with E-state index < -0.39 is 0 Å². The second-order valence-electron chi connectivity index (χ2n) is 4.66. The van der Waals surface area contributed by atoms with Crippen LogP contribution >= 0.6 is 11.8 Å². The normalized spacial score (nSPS) is 27.1. The molecule has 2 nitrogen and oxygen atoms in total. The third kappa shape index (κ3) is 3.29. The lowest BCUT2D eigenvalue weighted by Crippen LogP contribution is -2.39. The van der Waals surface area contributed by atoms with Crippen LogP contribution in [0.2, 0.25) is 0 Å². The van der Waals surface area contributed by atoms with Gasteiger partial charge in [-0.3, -0.25) is 0 Å². The van der Waals surface area contributed by atoms with E-state index in [0.29, 0.717) is 12.1 Å². The Labute approximate surface area is 102 Å². The Kier molecular flexibility index (Phi) is 4.36. The van der Waals surface area contributed by atoms with Crippen LogP contribution in [-0.4, -0.2) is 23.1 Å². The Bertz CT molecular complexity index is 299. The molecule has 1 aromatic heterocycles. The predicted molar refractivity (Wildman–Crippen MR) is 70.0 cm³/mol. The zero-order valence-corrected chi connectivity index (χ0v) is 10.9. The molecule has 0 saturated carbocycles. The second-order valence-corrected chi connectivity index (χ2v) is 6.14. The number of hydrogen-bond donors (Lipinski definition) is 1. The summed E-state index contributed by atoms with van der Waals surface area (Å²) in [6.45, 7) is 4.60. The highest BCUT2D eigenvalue weighted by Crippen LogP contribution is 2.26. The molecule has 1 aromatic rings. The standard InChI is InChI=1S/C13H21NOS/c1-10(5-6-12-4-3-8-15-12)14-13-7-9-16-11(13)2/h3-4,8,10-11,13-14H,5-7,9H2,1-2H3. The molecule has 1 aliphatic heterocycles. The highest BCUT2D eigenvalue weighted by atomic mass is 32.2. The average Bonchev–Trinajstić information content (AvgIpc) is 2.88. The van der Waals surface area contributed by atoms with Gasteiger partial charge >= 0.3 is 0 Å². The van der Waals surface area contributed by atoms with Crippen molar-refractivity contribution in [2.75, 3.05) is 5.75 Å². The first-order valence-electron chi connectivity index (χ1n) is 6.15. The van der Waals surface area contributed by atoms with Gasteiger partial charge in [-0.05, 0) is 37.7 Å². The summed E-state index contributed by atoms with van der Waals surface area (Å²) in [7, 11) is 0. The number of furan rings is 1. The van der Waals surface area contributed by atoms with Crippen LogP contribution in [0.3, 0.4) is 0 Å². The van der Waals surface area contributed by atoms with Crippen molar-refractivity contribution in [2.45, 2.75) is 50.4 Å².